The predicted molar refractivity (Wildman–Crippen MR) is 88.2 cm³/mol. The van der Waals surface area contributed by atoms with Crippen molar-refractivity contribution in [3.8, 4) is 0 Å². The summed E-state index contributed by atoms with van der Waals surface area (Å²) >= 11 is 10.9. The number of nitrogens with one attached hydrogen (secondary N) is 1. The van der Waals surface area contributed by atoms with Gasteiger partial charge < -0.3 is 5.32 Å². The smallest absolute Gasteiger partial charge is 0.127 e. The van der Waals surface area contributed by atoms with Gasteiger partial charge >= 0.3 is 0 Å². The summed E-state index contributed by atoms with van der Waals surface area (Å²) in [4.78, 5) is 1.21. The molecule has 0 aliphatic carbocycles. The fourth-order valence-electron chi connectivity index (χ4n) is 2.01. The van der Waals surface area contributed by atoms with Crippen molar-refractivity contribution in [2.75, 3.05) is 6.54 Å². The van der Waals surface area contributed by atoms with Crippen LogP contribution in [0.4, 0.5) is 4.39 Å². The molecule has 1 atom stereocenters. The van der Waals surface area contributed by atoms with Crippen LogP contribution in [0.1, 0.15) is 29.8 Å². The molecule has 0 fully saturated rings. The second-order valence-electron chi connectivity index (χ2n) is 4.61. The maximum atomic E-state index is 13.9. The molecule has 0 radical (unpaired) electrons. The van der Waals surface area contributed by atoms with Crippen molar-refractivity contribution in [2.45, 2.75) is 25.8 Å². The molecule has 0 bridgehead atoms. The normalized spacial score (nSPS) is 12.6. The first-order valence-electron chi connectivity index (χ1n) is 6.51. The summed E-state index contributed by atoms with van der Waals surface area (Å²) in [6.45, 7) is 3.03. The minimum absolute atomic E-state index is 0.127. The van der Waals surface area contributed by atoms with E-state index in [1.54, 1.807) is 23.5 Å². The van der Waals surface area contributed by atoms with Gasteiger partial charge in [-0.3, -0.25) is 0 Å². The van der Waals surface area contributed by atoms with E-state index in [1.165, 1.54) is 10.9 Å². The van der Waals surface area contributed by atoms with E-state index in [1.807, 2.05) is 5.38 Å². The second kappa shape index (κ2) is 7.55. The van der Waals surface area contributed by atoms with Gasteiger partial charge in [-0.05, 0) is 59.1 Å². The standard InChI is InChI=1S/C15H16BrClFNS/c1-2-5-19-14(15-7-11(16)9-20-15)6-10-3-4-12(17)8-13(10)18/h3-4,7-9,14,19H,2,5-6H2,1H3. The Morgan fingerprint density at radius 2 is 2.20 bits per heavy atom. The van der Waals surface area contributed by atoms with Crippen molar-refractivity contribution < 1.29 is 4.39 Å². The first-order valence-corrected chi connectivity index (χ1v) is 8.56. The second-order valence-corrected chi connectivity index (χ2v) is 6.91. The average Bonchev–Trinajstić information content (AvgIpc) is 2.83. The SMILES string of the molecule is CCCNC(Cc1ccc(Cl)cc1F)c1cc(Br)cs1. The van der Waals surface area contributed by atoms with Gasteiger partial charge in [-0.2, -0.15) is 0 Å². The maximum absolute atomic E-state index is 13.9. The van der Waals surface area contributed by atoms with Crippen LogP contribution in [0.3, 0.4) is 0 Å². The lowest BCUT2D eigenvalue weighted by Gasteiger charge is -2.17. The van der Waals surface area contributed by atoms with E-state index in [9.17, 15) is 4.39 Å². The van der Waals surface area contributed by atoms with Crippen molar-refractivity contribution in [2.24, 2.45) is 0 Å². The Kier molecular flexibility index (Phi) is 6.02. The van der Waals surface area contributed by atoms with Crippen molar-refractivity contribution in [3.63, 3.8) is 0 Å². The van der Waals surface area contributed by atoms with Crippen LogP contribution in [0.25, 0.3) is 0 Å². The lowest BCUT2D eigenvalue weighted by Crippen LogP contribution is -2.23. The summed E-state index contributed by atoms with van der Waals surface area (Å²) in [5.41, 5.74) is 0.688. The van der Waals surface area contributed by atoms with Crippen molar-refractivity contribution in [3.05, 3.63) is 55.4 Å². The molecule has 1 aromatic carbocycles. The summed E-state index contributed by atoms with van der Waals surface area (Å²) in [6.07, 6.45) is 1.67. The molecule has 108 valence electrons. The Labute approximate surface area is 136 Å². The molecule has 2 rings (SSSR count). The van der Waals surface area contributed by atoms with Crippen LogP contribution in [-0.4, -0.2) is 6.54 Å². The monoisotopic (exact) mass is 375 g/mol. The highest BCUT2D eigenvalue weighted by Gasteiger charge is 2.16. The number of hydrogen-bond acceptors (Lipinski definition) is 2. The quantitative estimate of drug-likeness (QED) is 0.693. The summed E-state index contributed by atoms with van der Waals surface area (Å²) in [7, 11) is 0. The van der Waals surface area contributed by atoms with Crippen LogP contribution in [-0.2, 0) is 6.42 Å². The third kappa shape index (κ3) is 4.29. The molecule has 1 heterocycles. The van der Waals surface area contributed by atoms with E-state index in [0.717, 1.165) is 17.4 Å². The summed E-state index contributed by atoms with van der Waals surface area (Å²) in [5.74, 6) is -0.239. The first-order chi connectivity index (χ1) is 9.60. The minimum atomic E-state index is -0.239. The molecule has 0 saturated heterocycles. The van der Waals surface area contributed by atoms with Gasteiger partial charge in [0.2, 0.25) is 0 Å². The van der Waals surface area contributed by atoms with E-state index in [2.05, 4.69) is 34.2 Å². The number of halogens is 3. The highest BCUT2D eigenvalue weighted by atomic mass is 79.9. The van der Waals surface area contributed by atoms with Gasteiger partial charge in [0.25, 0.3) is 0 Å². The first kappa shape index (κ1) is 16.0. The van der Waals surface area contributed by atoms with Crippen LogP contribution in [0.15, 0.2) is 34.1 Å². The van der Waals surface area contributed by atoms with E-state index >= 15 is 0 Å². The maximum Gasteiger partial charge on any atom is 0.127 e. The molecule has 20 heavy (non-hydrogen) atoms. The molecule has 0 amide bonds. The van der Waals surface area contributed by atoms with Gasteiger partial charge in [0.1, 0.15) is 5.82 Å². The Hall–Kier alpha value is -0.420. The lowest BCUT2D eigenvalue weighted by molar-refractivity contribution is 0.519. The molecule has 0 spiro atoms. The van der Waals surface area contributed by atoms with E-state index in [-0.39, 0.29) is 11.9 Å². The van der Waals surface area contributed by atoms with Gasteiger partial charge in [-0.15, -0.1) is 11.3 Å². The zero-order chi connectivity index (χ0) is 14.5. The summed E-state index contributed by atoms with van der Waals surface area (Å²) in [6, 6.07) is 7.09. The van der Waals surface area contributed by atoms with Gasteiger partial charge in [-0.25, -0.2) is 4.39 Å². The van der Waals surface area contributed by atoms with Gasteiger partial charge in [0, 0.05) is 25.8 Å². The van der Waals surface area contributed by atoms with Crippen LogP contribution < -0.4 is 5.32 Å². The summed E-state index contributed by atoms with van der Waals surface area (Å²) in [5, 5.41) is 5.96. The Balaban J connectivity index is 2.18. The number of hydrogen-bond donors (Lipinski definition) is 1. The van der Waals surface area contributed by atoms with Crippen molar-refractivity contribution >= 4 is 38.9 Å². The third-order valence-electron chi connectivity index (χ3n) is 3.01. The number of benzene rings is 1. The molecular formula is C15H16BrClFNS. The molecule has 1 unspecified atom stereocenters. The Morgan fingerprint density at radius 1 is 1.40 bits per heavy atom. The number of thiophene rings is 1. The highest BCUT2D eigenvalue weighted by Crippen LogP contribution is 2.29. The molecule has 2 aromatic rings. The number of rotatable bonds is 6. The Bertz CT molecular complexity index is 573. The molecule has 1 nitrogen and oxygen atoms in total. The highest BCUT2D eigenvalue weighted by molar-refractivity contribution is 9.10. The fourth-order valence-corrected chi connectivity index (χ4v) is 3.69. The minimum Gasteiger partial charge on any atom is -0.309 e. The van der Waals surface area contributed by atoms with Crippen molar-refractivity contribution in [1.29, 1.82) is 0 Å². The molecule has 5 heteroatoms. The zero-order valence-electron chi connectivity index (χ0n) is 11.1. The molecule has 1 aromatic heterocycles. The van der Waals surface area contributed by atoms with E-state index in [4.69, 9.17) is 11.6 Å². The fraction of sp³-hybridized carbons (Fsp3) is 0.333. The van der Waals surface area contributed by atoms with Crippen LogP contribution >= 0.6 is 38.9 Å². The van der Waals surface area contributed by atoms with Gasteiger partial charge in [-0.1, -0.05) is 24.6 Å². The molecular weight excluding hydrogens is 361 g/mol. The molecule has 0 aliphatic heterocycles. The van der Waals surface area contributed by atoms with Crippen LogP contribution in [0.5, 0.6) is 0 Å². The largest absolute Gasteiger partial charge is 0.309 e. The molecule has 0 saturated carbocycles. The van der Waals surface area contributed by atoms with Crippen LogP contribution in [0, 0.1) is 5.82 Å². The molecule has 1 N–H and O–H groups in total. The molecule has 0 aliphatic rings. The lowest BCUT2D eigenvalue weighted by atomic mass is 10.0. The topological polar surface area (TPSA) is 12.0 Å². The van der Waals surface area contributed by atoms with Crippen molar-refractivity contribution in [1.82, 2.24) is 5.32 Å². The summed E-state index contributed by atoms with van der Waals surface area (Å²) < 4.78 is 15.0. The van der Waals surface area contributed by atoms with E-state index in [0.29, 0.717) is 17.0 Å². The third-order valence-corrected chi connectivity index (χ3v) is 5.05. The predicted octanol–water partition coefficient (Wildman–Crippen LogP) is 5.59. The van der Waals surface area contributed by atoms with E-state index < -0.39 is 0 Å². The van der Waals surface area contributed by atoms with Gasteiger partial charge in [0.05, 0.1) is 0 Å². The van der Waals surface area contributed by atoms with Gasteiger partial charge in [0.15, 0.2) is 0 Å². The van der Waals surface area contributed by atoms with Crippen LogP contribution in [0.2, 0.25) is 5.02 Å². The Morgan fingerprint density at radius 3 is 2.80 bits per heavy atom. The average molecular weight is 377 g/mol. The zero-order valence-corrected chi connectivity index (χ0v) is 14.3.